The zero-order valence-corrected chi connectivity index (χ0v) is 6.86. The molecule has 10 heavy (non-hydrogen) atoms. The molecule has 0 rings (SSSR count). The van der Waals surface area contributed by atoms with Crippen molar-refractivity contribution in [3.05, 3.63) is 23.8 Å². The predicted molar refractivity (Wildman–Crippen MR) is 46.7 cm³/mol. The van der Waals surface area contributed by atoms with E-state index in [0.717, 1.165) is 12.6 Å². The Bertz CT molecular complexity index is 149. The minimum Gasteiger partial charge on any atom is -0.307 e. The highest BCUT2D eigenvalue weighted by atomic mass is 35.5. The molecule has 1 atom stereocenters. The van der Waals surface area contributed by atoms with Crippen molar-refractivity contribution < 1.29 is 0 Å². The van der Waals surface area contributed by atoms with E-state index in [1.54, 1.807) is 0 Å². The first kappa shape index (κ1) is 9.44. The maximum absolute atomic E-state index is 6.79. The second-order valence-corrected chi connectivity index (χ2v) is 2.44. The van der Waals surface area contributed by atoms with Gasteiger partial charge in [0.15, 0.2) is 0 Å². The molecule has 0 spiro atoms. The summed E-state index contributed by atoms with van der Waals surface area (Å²) in [5.41, 5.74) is 0. The third-order valence-electron chi connectivity index (χ3n) is 1.29. The van der Waals surface area contributed by atoms with Crippen molar-refractivity contribution in [2.75, 3.05) is 0 Å². The first-order valence-electron chi connectivity index (χ1n) is 3.25. The number of hydrogen-bond acceptors (Lipinski definition) is 1. The molecule has 0 fully saturated rings. The van der Waals surface area contributed by atoms with Gasteiger partial charge >= 0.3 is 0 Å². The van der Waals surface area contributed by atoms with Gasteiger partial charge in [0.25, 0.3) is 0 Å². The Balaban J connectivity index is 4.05. The lowest BCUT2D eigenvalue weighted by molar-refractivity contribution is 0.776. The summed E-state index contributed by atoms with van der Waals surface area (Å²) in [6.45, 7) is 5.69. The van der Waals surface area contributed by atoms with E-state index < -0.39 is 0 Å². The normalized spacial score (nSPS) is 14.4. The van der Waals surface area contributed by atoms with Gasteiger partial charge in [-0.15, -0.1) is 6.58 Å². The average Bonchev–Trinajstić information content (AvgIpc) is 1.99. The van der Waals surface area contributed by atoms with Crippen LogP contribution in [0, 0.1) is 11.3 Å². The minimum atomic E-state index is 0.300. The quantitative estimate of drug-likeness (QED) is 0.479. The van der Waals surface area contributed by atoms with E-state index in [2.05, 4.69) is 13.5 Å². The van der Waals surface area contributed by atoms with E-state index in [0.29, 0.717) is 11.0 Å². The van der Waals surface area contributed by atoms with Crippen LogP contribution in [0.1, 0.15) is 13.3 Å². The summed E-state index contributed by atoms with van der Waals surface area (Å²) in [7, 11) is 0. The first-order chi connectivity index (χ1) is 4.74. The van der Waals surface area contributed by atoms with Gasteiger partial charge in [-0.2, -0.15) is 0 Å². The summed E-state index contributed by atoms with van der Waals surface area (Å²) in [5, 5.41) is 7.27. The fourth-order valence-corrected chi connectivity index (χ4v) is 0.767. The van der Waals surface area contributed by atoms with Gasteiger partial charge in [-0.3, -0.25) is 0 Å². The fourth-order valence-electron chi connectivity index (χ4n) is 0.605. The van der Waals surface area contributed by atoms with Crippen LogP contribution in [0.25, 0.3) is 0 Å². The molecule has 56 valence electrons. The highest BCUT2D eigenvalue weighted by Gasteiger charge is 1.95. The van der Waals surface area contributed by atoms with Crippen molar-refractivity contribution in [3.63, 3.8) is 0 Å². The monoisotopic (exact) mass is 157 g/mol. The number of allylic oxidation sites excluding steroid dienone is 3. The lowest BCUT2D eigenvalue weighted by Gasteiger charge is -2.00. The van der Waals surface area contributed by atoms with E-state index in [1.807, 2.05) is 12.2 Å². The summed E-state index contributed by atoms with van der Waals surface area (Å²) < 4.78 is 0. The van der Waals surface area contributed by atoms with Crippen LogP contribution in [-0.2, 0) is 0 Å². The zero-order chi connectivity index (χ0) is 7.98. The maximum atomic E-state index is 6.79. The predicted octanol–water partition coefficient (Wildman–Crippen LogP) is 2.97. The van der Waals surface area contributed by atoms with E-state index in [-0.39, 0.29) is 0 Å². The smallest absolute Gasteiger partial charge is 0.0547 e. The largest absolute Gasteiger partial charge is 0.307 e. The standard InChI is InChI=1S/C8H12ClN/c1-3-7(4-2)5-8(9)6-10/h3,5-7,10H,1,4H2,2H3/b8-5+,10-6?. The molecule has 0 aromatic carbocycles. The highest BCUT2D eigenvalue weighted by Crippen LogP contribution is 2.09. The highest BCUT2D eigenvalue weighted by molar-refractivity contribution is 6.38. The lowest BCUT2D eigenvalue weighted by Crippen LogP contribution is -1.88. The van der Waals surface area contributed by atoms with Crippen molar-refractivity contribution >= 4 is 17.8 Å². The van der Waals surface area contributed by atoms with Crippen molar-refractivity contribution in [1.82, 2.24) is 0 Å². The average molecular weight is 158 g/mol. The Morgan fingerprint density at radius 1 is 1.80 bits per heavy atom. The van der Waals surface area contributed by atoms with Crippen LogP contribution in [0.2, 0.25) is 0 Å². The van der Waals surface area contributed by atoms with Crippen LogP contribution in [0.5, 0.6) is 0 Å². The molecule has 0 radical (unpaired) electrons. The van der Waals surface area contributed by atoms with E-state index in [1.165, 1.54) is 0 Å². The Hall–Kier alpha value is -0.560. The summed E-state index contributed by atoms with van der Waals surface area (Å²) in [5.74, 6) is 0.300. The summed E-state index contributed by atoms with van der Waals surface area (Å²) in [6.07, 6.45) is 5.76. The molecule has 0 amide bonds. The van der Waals surface area contributed by atoms with Crippen LogP contribution in [0.3, 0.4) is 0 Å². The van der Waals surface area contributed by atoms with Gasteiger partial charge in [0.05, 0.1) is 5.03 Å². The van der Waals surface area contributed by atoms with Gasteiger partial charge < -0.3 is 5.41 Å². The molecule has 0 bridgehead atoms. The van der Waals surface area contributed by atoms with Crippen molar-refractivity contribution in [2.45, 2.75) is 13.3 Å². The van der Waals surface area contributed by atoms with Gasteiger partial charge in [0.1, 0.15) is 0 Å². The number of nitrogens with one attached hydrogen (secondary N) is 1. The Labute approximate surface area is 66.9 Å². The molecule has 1 N–H and O–H groups in total. The van der Waals surface area contributed by atoms with Gasteiger partial charge in [-0.1, -0.05) is 30.7 Å². The molecule has 0 aliphatic heterocycles. The molecule has 0 aliphatic rings. The number of hydrogen-bond donors (Lipinski definition) is 1. The van der Waals surface area contributed by atoms with Gasteiger partial charge in [0.2, 0.25) is 0 Å². The third-order valence-corrected chi connectivity index (χ3v) is 1.52. The van der Waals surface area contributed by atoms with E-state index in [4.69, 9.17) is 17.0 Å². The molecule has 0 saturated carbocycles. The molecule has 0 heterocycles. The van der Waals surface area contributed by atoms with Crippen LogP contribution in [0.15, 0.2) is 23.8 Å². The zero-order valence-electron chi connectivity index (χ0n) is 6.10. The second-order valence-electron chi connectivity index (χ2n) is 2.00. The van der Waals surface area contributed by atoms with Crippen LogP contribution in [0.4, 0.5) is 0 Å². The molecule has 1 unspecified atom stereocenters. The number of halogens is 1. The van der Waals surface area contributed by atoms with Crippen molar-refractivity contribution in [2.24, 2.45) is 5.92 Å². The van der Waals surface area contributed by atoms with Gasteiger partial charge in [0, 0.05) is 6.21 Å². The van der Waals surface area contributed by atoms with Crippen LogP contribution in [-0.4, -0.2) is 6.21 Å². The Morgan fingerprint density at radius 2 is 2.40 bits per heavy atom. The Morgan fingerprint density at radius 3 is 2.70 bits per heavy atom. The van der Waals surface area contributed by atoms with Crippen molar-refractivity contribution in [1.29, 1.82) is 5.41 Å². The topological polar surface area (TPSA) is 23.9 Å². The minimum absolute atomic E-state index is 0.300. The molecule has 0 aromatic rings. The van der Waals surface area contributed by atoms with E-state index in [9.17, 15) is 0 Å². The molecule has 0 saturated heterocycles. The third kappa shape index (κ3) is 3.46. The van der Waals surface area contributed by atoms with Crippen molar-refractivity contribution in [3.8, 4) is 0 Å². The van der Waals surface area contributed by atoms with Crippen LogP contribution < -0.4 is 0 Å². The summed E-state index contributed by atoms with van der Waals surface area (Å²) in [4.78, 5) is 0. The van der Waals surface area contributed by atoms with Gasteiger partial charge in [-0.25, -0.2) is 0 Å². The summed E-state index contributed by atoms with van der Waals surface area (Å²) in [6, 6.07) is 0. The molecule has 2 heteroatoms. The molecule has 1 nitrogen and oxygen atoms in total. The lowest BCUT2D eigenvalue weighted by atomic mass is 10.1. The first-order valence-corrected chi connectivity index (χ1v) is 3.62. The van der Waals surface area contributed by atoms with Crippen LogP contribution >= 0.6 is 11.6 Å². The SMILES string of the molecule is C=CC(/C=C(/Cl)C=N)CC. The maximum Gasteiger partial charge on any atom is 0.0547 e. The molecule has 0 aromatic heterocycles. The second kappa shape index (κ2) is 5.24. The molecular weight excluding hydrogens is 146 g/mol. The number of rotatable bonds is 4. The van der Waals surface area contributed by atoms with E-state index >= 15 is 0 Å². The summed E-state index contributed by atoms with van der Waals surface area (Å²) >= 11 is 5.59. The Kier molecular flexibility index (Phi) is 4.95. The molecule has 0 aliphatic carbocycles. The fraction of sp³-hybridized carbons (Fsp3) is 0.375. The molecular formula is C8H12ClN. The van der Waals surface area contributed by atoms with Gasteiger partial charge in [-0.05, 0) is 12.3 Å².